The minimum atomic E-state index is -0.264. The Morgan fingerprint density at radius 3 is 2.42 bits per heavy atom. The number of carbonyl (C=O) groups is 1. The lowest BCUT2D eigenvalue weighted by Gasteiger charge is -2.11. The van der Waals surface area contributed by atoms with Crippen LogP contribution in [-0.4, -0.2) is 11.0 Å². The molecule has 0 radical (unpaired) electrons. The van der Waals surface area contributed by atoms with Gasteiger partial charge in [0.1, 0.15) is 0 Å². The van der Waals surface area contributed by atoms with Crippen LogP contribution in [0.25, 0.3) is 6.08 Å². The molecule has 2 aromatic rings. The zero-order chi connectivity index (χ0) is 17.5. The fourth-order valence-corrected chi connectivity index (χ4v) is 2.92. The molecule has 6 heteroatoms. The predicted octanol–water partition coefficient (Wildman–Crippen LogP) is 4.21. The second-order valence-corrected chi connectivity index (χ2v) is 7.35. The predicted molar refractivity (Wildman–Crippen MR) is 106 cm³/mol. The highest BCUT2D eigenvalue weighted by molar-refractivity contribution is 7.80. The molecule has 3 N–H and O–H groups in total. The molecule has 0 saturated carbocycles. The lowest BCUT2D eigenvalue weighted by molar-refractivity contribution is -0.116. The van der Waals surface area contributed by atoms with Gasteiger partial charge in [-0.1, -0.05) is 26.0 Å². The van der Waals surface area contributed by atoms with E-state index in [1.807, 2.05) is 31.2 Å². The summed E-state index contributed by atoms with van der Waals surface area (Å²) in [6, 6.07) is 12.0. The highest BCUT2D eigenvalue weighted by Crippen LogP contribution is 2.17. The summed E-state index contributed by atoms with van der Waals surface area (Å²) in [5, 5.41) is 3.36. The Labute approximate surface area is 151 Å². The van der Waals surface area contributed by atoms with Gasteiger partial charge >= 0.3 is 0 Å². The summed E-state index contributed by atoms with van der Waals surface area (Å²) < 4.78 is 0. The van der Waals surface area contributed by atoms with E-state index in [1.165, 1.54) is 16.5 Å². The van der Waals surface area contributed by atoms with Crippen LogP contribution < -0.4 is 16.2 Å². The third-order valence-electron chi connectivity index (χ3n) is 3.29. The lowest BCUT2D eigenvalue weighted by atomic mass is 10.0. The SMILES string of the molecule is Cc1ccc(/C=C/C(=O)NNC(=S)Nc2ccc(C(C)C)cc2)s1. The van der Waals surface area contributed by atoms with Crippen LogP contribution >= 0.6 is 23.6 Å². The first kappa shape index (κ1) is 18.2. The van der Waals surface area contributed by atoms with E-state index < -0.39 is 0 Å². The number of carbonyl (C=O) groups excluding carboxylic acids is 1. The third-order valence-corrected chi connectivity index (χ3v) is 4.46. The molecule has 126 valence electrons. The average Bonchev–Trinajstić information content (AvgIpc) is 2.97. The van der Waals surface area contributed by atoms with Crippen molar-refractivity contribution >= 4 is 46.3 Å². The van der Waals surface area contributed by atoms with Gasteiger partial charge in [0.2, 0.25) is 0 Å². The fourth-order valence-electron chi connectivity index (χ4n) is 1.97. The van der Waals surface area contributed by atoms with E-state index in [1.54, 1.807) is 17.4 Å². The number of aryl methyl sites for hydroxylation is 1. The van der Waals surface area contributed by atoms with Crippen molar-refractivity contribution < 1.29 is 4.79 Å². The maximum absolute atomic E-state index is 11.8. The lowest BCUT2D eigenvalue weighted by Crippen LogP contribution is -2.43. The summed E-state index contributed by atoms with van der Waals surface area (Å²) in [4.78, 5) is 14.0. The fraction of sp³-hybridized carbons (Fsp3) is 0.222. The molecule has 4 nitrogen and oxygen atoms in total. The van der Waals surface area contributed by atoms with Crippen molar-refractivity contribution in [3.63, 3.8) is 0 Å². The Bertz CT molecular complexity index is 733. The van der Waals surface area contributed by atoms with Crippen LogP contribution in [0.15, 0.2) is 42.5 Å². The molecule has 0 aliphatic rings. The topological polar surface area (TPSA) is 53.2 Å². The molecule has 2 rings (SSSR count). The largest absolute Gasteiger partial charge is 0.331 e. The van der Waals surface area contributed by atoms with Crippen LogP contribution in [0, 0.1) is 6.92 Å². The minimum Gasteiger partial charge on any atom is -0.331 e. The van der Waals surface area contributed by atoms with E-state index >= 15 is 0 Å². The molecule has 0 saturated heterocycles. The van der Waals surface area contributed by atoms with Gasteiger partial charge in [0, 0.05) is 21.5 Å². The molecule has 24 heavy (non-hydrogen) atoms. The van der Waals surface area contributed by atoms with Gasteiger partial charge in [0.15, 0.2) is 5.11 Å². The first-order valence-electron chi connectivity index (χ1n) is 7.65. The zero-order valence-electron chi connectivity index (χ0n) is 13.9. The Balaban J connectivity index is 1.78. The second-order valence-electron chi connectivity index (χ2n) is 5.63. The Kier molecular flexibility index (Phi) is 6.52. The van der Waals surface area contributed by atoms with Gasteiger partial charge in [-0.3, -0.25) is 15.6 Å². The van der Waals surface area contributed by atoms with E-state index in [0.717, 1.165) is 10.6 Å². The number of benzene rings is 1. The molecule has 0 aliphatic heterocycles. The molecular formula is C18H21N3OS2. The Morgan fingerprint density at radius 2 is 1.83 bits per heavy atom. The number of thiocarbonyl (C=S) groups is 1. The molecule has 1 aromatic carbocycles. The molecule has 0 spiro atoms. The number of thiophene rings is 1. The van der Waals surface area contributed by atoms with Gasteiger partial charge in [0.05, 0.1) is 0 Å². The van der Waals surface area contributed by atoms with Crippen LogP contribution in [0.2, 0.25) is 0 Å². The van der Waals surface area contributed by atoms with Crippen LogP contribution in [0.4, 0.5) is 5.69 Å². The van der Waals surface area contributed by atoms with Crippen LogP contribution in [-0.2, 0) is 4.79 Å². The quantitative estimate of drug-likeness (QED) is 0.435. The first-order chi connectivity index (χ1) is 11.4. The molecule has 0 aliphatic carbocycles. The van der Waals surface area contributed by atoms with Crippen molar-refractivity contribution in [3.8, 4) is 0 Å². The van der Waals surface area contributed by atoms with Gasteiger partial charge in [-0.05, 0) is 61.0 Å². The normalized spacial score (nSPS) is 10.8. The first-order valence-corrected chi connectivity index (χ1v) is 8.88. The van der Waals surface area contributed by atoms with E-state index in [0.29, 0.717) is 11.0 Å². The number of nitrogens with one attached hydrogen (secondary N) is 3. The average molecular weight is 360 g/mol. The maximum Gasteiger partial charge on any atom is 0.262 e. The van der Waals surface area contributed by atoms with Gasteiger partial charge in [-0.25, -0.2) is 0 Å². The third kappa shape index (κ3) is 5.79. The molecule has 0 unspecified atom stereocenters. The molecule has 1 aromatic heterocycles. The van der Waals surface area contributed by atoms with Crippen molar-refractivity contribution in [2.24, 2.45) is 0 Å². The van der Waals surface area contributed by atoms with Crippen LogP contribution in [0.5, 0.6) is 0 Å². The van der Waals surface area contributed by atoms with Crippen molar-refractivity contribution in [1.82, 2.24) is 10.9 Å². The van der Waals surface area contributed by atoms with Gasteiger partial charge in [0.25, 0.3) is 5.91 Å². The molecular weight excluding hydrogens is 338 g/mol. The van der Waals surface area contributed by atoms with Crippen LogP contribution in [0.3, 0.4) is 0 Å². The summed E-state index contributed by atoms with van der Waals surface area (Å²) >= 11 is 6.79. The summed E-state index contributed by atoms with van der Waals surface area (Å²) in [7, 11) is 0. The van der Waals surface area contributed by atoms with Crippen molar-refractivity contribution in [2.45, 2.75) is 26.7 Å². The molecule has 1 heterocycles. The molecule has 0 fully saturated rings. The number of rotatable bonds is 4. The van der Waals surface area contributed by atoms with Crippen molar-refractivity contribution in [2.75, 3.05) is 5.32 Å². The monoisotopic (exact) mass is 359 g/mol. The number of hydrogen-bond donors (Lipinski definition) is 3. The molecule has 0 bridgehead atoms. The minimum absolute atomic E-state index is 0.264. The Morgan fingerprint density at radius 1 is 1.12 bits per heavy atom. The van der Waals surface area contributed by atoms with E-state index in [4.69, 9.17) is 12.2 Å². The van der Waals surface area contributed by atoms with Crippen LogP contribution in [0.1, 0.15) is 35.1 Å². The molecule has 1 amide bonds. The number of hydrazine groups is 1. The Hall–Kier alpha value is -2.18. The van der Waals surface area contributed by atoms with Gasteiger partial charge in [-0.2, -0.15) is 0 Å². The van der Waals surface area contributed by atoms with Gasteiger partial charge < -0.3 is 5.32 Å². The second kappa shape index (κ2) is 8.61. The zero-order valence-corrected chi connectivity index (χ0v) is 15.6. The summed E-state index contributed by atoms with van der Waals surface area (Å²) in [5.41, 5.74) is 7.35. The van der Waals surface area contributed by atoms with E-state index in [-0.39, 0.29) is 5.91 Å². The van der Waals surface area contributed by atoms with Crippen molar-refractivity contribution in [1.29, 1.82) is 0 Å². The van der Waals surface area contributed by atoms with E-state index in [9.17, 15) is 4.79 Å². The highest BCUT2D eigenvalue weighted by Gasteiger charge is 2.02. The number of amides is 1. The standard InChI is InChI=1S/C18H21N3OS2/c1-12(2)14-5-7-15(8-6-14)19-18(23)21-20-17(22)11-10-16-9-4-13(3)24-16/h4-12H,1-3H3,(H,20,22)(H2,19,21,23)/b11-10+. The number of anilines is 1. The molecule has 0 atom stereocenters. The summed E-state index contributed by atoms with van der Waals surface area (Å²) in [6.07, 6.45) is 3.24. The van der Waals surface area contributed by atoms with Crippen molar-refractivity contribution in [3.05, 3.63) is 57.8 Å². The van der Waals surface area contributed by atoms with E-state index in [2.05, 4.69) is 42.1 Å². The maximum atomic E-state index is 11.8. The highest BCUT2D eigenvalue weighted by atomic mass is 32.1. The number of hydrogen-bond acceptors (Lipinski definition) is 3. The summed E-state index contributed by atoms with van der Waals surface area (Å²) in [5.74, 6) is 0.225. The smallest absolute Gasteiger partial charge is 0.262 e. The van der Waals surface area contributed by atoms with Gasteiger partial charge in [-0.15, -0.1) is 11.3 Å². The summed E-state index contributed by atoms with van der Waals surface area (Å²) in [6.45, 7) is 6.33.